The minimum atomic E-state index is -0.117. The second-order valence-corrected chi connectivity index (χ2v) is 3.49. The maximum Gasteiger partial charge on any atom is 0.255 e. The van der Waals surface area contributed by atoms with Gasteiger partial charge in [0, 0.05) is 5.92 Å². The third kappa shape index (κ3) is 2.76. The number of para-hydroxylation sites is 1. The number of hydroxylamine groups is 1. The fraction of sp³-hybridized carbons (Fsp3) is 0.364. The van der Waals surface area contributed by atoms with Crippen LogP contribution in [0.3, 0.4) is 0 Å². The number of benzene rings is 1. The van der Waals surface area contributed by atoms with Crippen LogP contribution in [0.5, 0.6) is 5.75 Å². The molecular formula is C11H15NO2. The number of nitrogens with one attached hydrogen (secondary N) is 1. The molecule has 0 spiro atoms. The lowest BCUT2D eigenvalue weighted by Gasteiger charge is -2.10. The fourth-order valence-corrected chi connectivity index (χ4v) is 0.894. The number of hydrogen-bond acceptors (Lipinski definition) is 2. The Balaban J connectivity index is 2.54. The van der Waals surface area contributed by atoms with Gasteiger partial charge in [-0.15, -0.1) is 0 Å². The molecule has 1 amide bonds. The van der Waals surface area contributed by atoms with Gasteiger partial charge in [-0.3, -0.25) is 4.79 Å². The molecular weight excluding hydrogens is 178 g/mol. The molecule has 1 aromatic carbocycles. The SMILES string of the molecule is Cc1ccccc1ONC(=O)C(C)C. The van der Waals surface area contributed by atoms with Gasteiger partial charge in [0.1, 0.15) is 0 Å². The molecule has 0 unspecified atom stereocenters. The molecule has 3 nitrogen and oxygen atoms in total. The molecule has 0 radical (unpaired) electrons. The number of carbonyl (C=O) groups is 1. The number of amides is 1. The average molecular weight is 193 g/mol. The van der Waals surface area contributed by atoms with Crippen LogP contribution in [0.15, 0.2) is 24.3 Å². The Morgan fingerprint density at radius 3 is 2.57 bits per heavy atom. The van der Waals surface area contributed by atoms with Crippen molar-refractivity contribution in [3.05, 3.63) is 29.8 Å². The van der Waals surface area contributed by atoms with Crippen LogP contribution >= 0.6 is 0 Å². The highest BCUT2D eigenvalue weighted by atomic mass is 16.7. The van der Waals surface area contributed by atoms with Crippen LogP contribution in [0.25, 0.3) is 0 Å². The molecule has 0 saturated carbocycles. The third-order valence-corrected chi connectivity index (χ3v) is 1.88. The zero-order valence-corrected chi connectivity index (χ0v) is 8.70. The summed E-state index contributed by atoms with van der Waals surface area (Å²) in [6.07, 6.45) is 0. The topological polar surface area (TPSA) is 38.3 Å². The number of hydrogen-bond donors (Lipinski definition) is 1. The van der Waals surface area contributed by atoms with Gasteiger partial charge in [-0.05, 0) is 18.6 Å². The van der Waals surface area contributed by atoms with Crippen LogP contribution < -0.4 is 10.3 Å². The monoisotopic (exact) mass is 193 g/mol. The van der Waals surface area contributed by atoms with Crippen LogP contribution in [0.4, 0.5) is 0 Å². The third-order valence-electron chi connectivity index (χ3n) is 1.88. The highest BCUT2D eigenvalue weighted by Crippen LogP contribution is 2.14. The highest BCUT2D eigenvalue weighted by Gasteiger charge is 2.07. The first-order chi connectivity index (χ1) is 6.61. The standard InChI is InChI=1S/C11H15NO2/c1-8(2)11(13)12-14-10-7-5-4-6-9(10)3/h4-8H,1-3H3,(H,12,13). The zero-order chi connectivity index (χ0) is 10.6. The largest absolute Gasteiger partial charge is 0.379 e. The van der Waals surface area contributed by atoms with Gasteiger partial charge >= 0.3 is 0 Å². The summed E-state index contributed by atoms with van der Waals surface area (Å²) < 4.78 is 0. The van der Waals surface area contributed by atoms with Gasteiger partial charge in [0.25, 0.3) is 5.91 Å². The molecule has 1 rings (SSSR count). The van der Waals surface area contributed by atoms with Crippen LogP contribution in [-0.2, 0) is 4.79 Å². The van der Waals surface area contributed by atoms with Crippen molar-refractivity contribution in [2.24, 2.45) is 5.92 Å². The molecule has 0 aliphatic heterocycles. The maximum atomic E-state index is 11.2. The van der Waals surface area contributed by atoms with Gasteiger partial charge < -0.3 is 4.84 Å². The lowest BCUT2D eigenvalue weighted by atomic mass is 10.2. The summed E-state index contributed by atoms with van der Waals surface area (Å²) in [6, 6.07) is 7.53. The Morgan fingerprint density at radius 1 is 1.36 bits per heavy atom. The molecule has 1 aromatic rings. The first-order valence-electron chi connectivity index (χ1n) is 4.63. The summed E-state index contributed by atoms with van der Waals surface area (Å²) in [6.45, 7) is 5.56. The fourth-order valence-electron chi connectivity index (χ4n) is 0.894. The second kappa shape index (κ2) is 4.65. The van der Waals surface area contributed by atoms with Gasteiger partial charge in [0.05, 0.1) is 0 Å². The van der Waals surface area contributed by atoms with E-state index < -0.39 is 0 Å². The first-order valence-corrected chi connectivity index (χ1v) is 4.63. The van der Waals surface area contributed by atoms with Crippen molar-refractivity contribution in [3.63, 3.8) is 0 Å². The zero-order valence-electron chi connectivity index (χ0n) is 8.70. The van der Waals surface area contributed by atoms with E-state index in [0.29, 0.717) is 5.75 Å². The average Bonchev–Trinajstić information content (AvgIpc) is 2.16. The second-order valence-electron chi connectivity index (χ2n) is 3.49. The van der Waals surface area contributed by atoms with E-state index in [-0.39, 0.29) is 11.8 Å². The van der Waals surface area contributed by atoms with Crippen molar-refractivity contribution >= 4 is 5.91 Å². The summed E-state index contributed by atoms with van der Waals surface area (Å²) in [7, 11) is 0. The molecule has 0 aliphatic rings. The minimum Gasteiger partial charge on any atom is -0.379 e. The van der Waals surface area contributed by atoms with Crippen molar-refractivity contribution in [1.29, 1.82) is 0 Å². The number of carbonyl (C=O) groups excluding carboxylic acids is 1. The van der Waals surface area contributed by atoms with Crippen molar-refractivity contribution in [2.45, 2.75) is 20.8 Å². The molecule has 0 bridgehead atoms. The summed E-state index contributed by atoms with van der Waals surface area (Å²) >= 11 is 0. The van der Waals surface area contributed by atoms with Gasteiger partial charge in [-0.25, -0.2) is 0 Å². The van der Waals surface area contributed by atoms with Crippen LogP contribution in [0.2, 0.25) is 0 Å². The predicted octanol–water partition coefficient (Wildman–Crippen LogP) is 2.06. The molecule has 0 aliphatic carbocycles. The predicted molar refractivity (Wildman–Crippen MR) is 54.8 cm³/mol. The molecule has 0 aromatic heterocycles. The minimum absolute atomic E-state index is 0.0704. The number of aryl methyl sites for hydroxylation is 1. The highest BCUT2D eigenvalue weighted by molar-refractivity contribution is 5.76. The van der Waals surface area contributed by atoms with E-state index in [4.69, 9.17) is 4.84 Å². The Morgan fingerprint density at radius 2 is 2.00 bits per heavy atom. The Hall–Kier alpha value is -1.51. The van der Waals surface area contributed by atoms with E-state index >= 15 is 0 Å². The lowest BCUT2D eigenvalue weighted by molar-refractivity contribution is -0.130. The summed E-state index contributed by atoms with van der Waals surface area (Å²) in [4.78, 5) is 16.4. The van der Waals surface area contributed by atoms with Crippen molar-refractivity contribution in [2.75, 3.05) is 0 Å². The van der Waals surface area contributed by atoms with Crippen molar-refractivity contribution in [1.82, 2.24) is 5.48 Å². The molecule has 0 atom stereocenters. The molecule has 0 saturated heterocycles. The van der Waals surface area contributed by atoms with Gasteiger partial charge in [-0.2, -0.15) is 5.48 Å². The lowest BCUT2D eigenvalue weighted by Crippen LogP contribution is -2.30. The molecule has 76 valence electrons. The molecule has 0 fully saturated rings. The quantitative estimate of drug-likeness (QED) is 0.746. The Kier molecular flexibility index (Phi) is 3.51. The summed E-state index contributed by atoms with van der Waals surface area (Å²) in [5, 5.41) is 0. The van der Waals surface area contributed by atoms with Gasteiger partial charge in [0.15, 0.2) is 5.75 Å². The van der Waals surface area contributed by atoms with Crippen molar-refractivity contribution in [3.8, 4) is 5.75 Å². The Bertz CT molecular complexity index is 321. The smallest absolute Gasteiger partial charge is 0.255 e. The Labute approximate surface area is 84.0 Å². The van der Waals surface area contributed by atoms with E-state index in [0.717, 1.165) is 5.56 Å². The first kappa shape index (κ1) is 10.6. The van der Waals surface area contributed by atoms with Gasteiger partial charge in [-0.1, -0.05) is 32.0 Å². The van der Waals surface area contributed by atoms with Crippen molar-refractivity contribution < 1.29 is 9.63 Å². The normalized spacial score (nSPS) is 10.0. The number of rotatable bonds is 3. The van der Waals surface area contributed by atoms with Crippen LogP contribution in [-0.4, -0.2) is 5.91 Å². The summed E-state index contributed by atoms with van der Waals surface area (Å²) in [5.74, 6) is 0.494. The van der Waals surface area contributed by atoms with Crippen LogP contribution in [0.1, 0.15) is 19.4 Å². The van der Waals surface area contributed by atoms with E-state index in [1.807, 2.05) is 45.0 Å². The molecule has 0 heterocycles. The summed E-state index contributed by atoms with van der Waals surface area (Å²) in [5.41, 5.74) is 3.40. The molecule has 3 heteroatoms. The van der Waals surface area contributed by atoms with E-state index in [2.05, 4.69) is 5.48 Å². The van der Waals surface area contributed by atoms with E-state index in [9.17, 15) is 4.79 Å². The van der Waals surface area contributed by atoms with E-state index in [1.54, 1.807) is 0 Å². The van der Waals surface area contributed by atoms with Gasteiger partial charge in [0.2, 0.25) is 0 Å². The molecule has 1 N–H and O–H groups in total. The molecule has 14 heavy (non-hydrogen) atoms. The maximum absolute atomic E-state index is 11.2. The van der Waals surface area contributed by atoms with Crippen LogP contribution in [0, 0.1) is 12.8 Å². The van der Waals surface area contributed by atoms with E-state index in [1.165, 1.54) is 0 Å².